The van der Waals surface area contributed by atoms with Gasteiger partial charge in [-0.15, -0.1) is 0 Å². The lowest BCUT2D eigenvalue weighted by Gasteiger charge is -2.39. The highest BCUT2D eigenvalue weighted by Crippen LogP contribution is 2.46. The number of rotatable bonds is 3. The zero-order valence-electron chi connectivity index (χ0n) is 20.5. The molecule has 0 unspecified atom stereocenters. The molecule has 1 aliphatic heterocycles. The van der Waals surface area contributed by atoms with Gasteiger partial charge in [-0.25, -0.2) is 13.2 Å². The predicted molar refractivity (Wildman–Crippen MR) is 133 cm³/mol. The third-order valence-electron chi connectivity index (χ3n) is 5.77. The van der Waals surface area contributed by atoms with E-state index in [9.17, 15) is 17.8 Å². The van der Waals surface area contributed by atoms with Crippen LogP contribution in [-0.2, 0) is 32.5 Å². The molecular formula is C23H35N3O5S2. The second-order valence-electron chi connectivity index (χ2n) is 11.0. The van der Waals surface area contributed by atoms with Crippen LogP contribution in [-0.4, -0.2) is 59.4 Å². The molecule has 0 radical (unpaired) electrons. The monoisotopic (exact) mass is 497 g/mol. The minimum absolute atomic E-state index is 0.329. The van der Waals surface area contributed by atoms with Gasteiger partial charge in [-0.2, -0.15) is 0 Å². The number of nitrogens with zero attached hydrogens (tertiary/aromatic N) is 2. The number of piperidine rings is 1. The first-order chi connectivity index (χ1) is 15.0. The SMILES string of the molecule is CC(C)(C)OC(=O)N1CCC2(CC1)Cc1ccc(NS(C)(=O)=O)cc1/C2=N\[S@+]([O-])C(C)(C)C. The Bertz CT molecular complexity index is 1050. The van der Waals surface area contributed by atoms with Crippen molar-refractivity contribution in [2.24, 2.45) is 9.81 Å². The summed E-state index contributed by atoms with van der Waals surface area (Å²) in [7, 11) is -3.43. The fourth-order valence-electron chi connectivity index (χ4n) is 4.19. The highest BCUT2D eigenvalue weighted by Gasteiger charge is 2.48. The standard InChI is InChI=1S/C23H35N3O5S2/c1-21(2,3)31-20(27)26-12-10-23(11-13-26)15-16-8-9-17(25-33(7,29)30)14-18(16)19(23)24-32(28)22(4,5)6/h8-9,14,25H,10-13,15H2,1-7H3/b24-19+/t32-/m1/s1. The number of ether oxygens (including phenoxy) is 1. The summed E-state index contributed by atoms with van der Waals surface area (Å²) >= 11 is -1.47. The molecule has 184 valence electrons. The maximum Gasteiger partial charge on any atom is 0.410 e. The van der Waals surface area contributed by atoms with Gasteiger partial charge in [-0.1, -0.05) is 10.5 Å². The number of hydrogen-bond donors (Lipinski definition) is 1. The van der Waals surface area contributed by atoms with E-state index in [1.807, 2.05) is 47.6 Å². The molecule has 2 aliphatic rings. The molecule has 1 aliphatic carbocycles. The number of amides is 1. The number of hydrogen-bond acceptors (Lipinski definition) is 6. The lowest BCUT2D eigenvalue weighted by Crippen LogP contribution is -2.47. The van der Waals surface area contributed by atoms with E-state index >= 15 is 0 Å². The minimum atomic E-state index is -3.43. The summed E-state index contributed by atoms with van der Waals surface area (Å²) in [6.45, 7) is 12.2. The van der Waals surface area contributed by atoms with Gasteiger partial charge in [0.25, 0.3) is 0 Å². The summed E-state index contributed by atoms with van der Waals surface area (Å²) in [6, 6.07) is 5.44. The topological polar surface area (TPSA) is 111 Å². The Balaban J connectivity index is 1.94. The molecule has 1 heterocycles. The van der Waals surface area contributed by atoms with Crippen molar-refractivity contribution in [3.63, 3.8) is 0 Å². The van der Waals surface area contributed by atoms with Crippen LogP contribution < -0.4 is 4.72 Å². The largest absolute Gasteiger partial charge is 0.591 e. The van der Waals surface area contributed by atoms with Crippen molar-refractivity contribution in [3.05, 3.63) is 29.3 Å². The maximum absolute atomic E-state index is 13.0. The molecule has 33 heavy (non-hydrogen) atoms. The Morgan fingerprint density at radius 3 is 2.30 bits per heavy atom. The number of carbonyl (C=O) groups excluding carboxylic acids is 1. The van der Waals surface area contributed by atoms with Crippen LogP contribution in [0.25, 0.3) is 0 Å². The van der Waals surface area contributed by atoms with E-state index in [4.69, 9.17) is 9.13 Å². The van der Waals surface area contributed by atoms with Crippen molar-refractivity contribution < 1.29 is 22.5 Å². The van der Waals surface area contributed by atoms with Crippen LogP contribution in [0.4, 0.5) is 10.5 Å². The summed E-state index contributed by atoms with van der Waals surface area (Å²) in [5, 5.41) is 0. The van der Waals surface area contributed by atoms with Gasteiger partial charge in [0.15, 0.2) is 0 Å². The third-order valence-corrected chi connectivity index (χ3v) is 7.77. The predicted octanol–water partition coefficient (Wildman–Crippen LogP) is 3.88. The molecule has 1 spiro atoms. The molecule has 1 amide bonds. The summed E-state index contributed by atoms with van der Waals surface area (Å²) < 4.78 is 48.8. The second-order valence-corrected chi connectivity index (χ2v) is 14.6. The zero-order chi connectivity index (χ0) is 24.8. The van der Waals surface area contributed by atoms with E-state index in [2.05, 4.69) is 4.72 Å². The molecular weight excluding hydrogens is 462 g/mol. The second kappa shape index (κ2) is 8.78. The van der Waals surface area contributed by atoms with E-state index in [1.165, 1.54) is 0 Å². The molecule has 0 aromatic heterocycles. The van der Waals surface area contributed by atoms with Crippen molar-refractivity contribution in [2.45, 2.75) is 71.2 Å². The third kappa shape index (κ3) is 6.22. The van der Waals surface area contributed by atoms with Crippen LogP contribution >= 0.6 is 0 Å². The highest BCUT2D eigenvalue weighted by molar-refractivity contribution is 7.92. The molecule has 0 bridgehead atoms. The zero-order valence-corrected chi connectivity index (χ0v) is 22.2. The molecule has 0 saturated carbocycles. The fourth-order valence-corrected chi connectivity index (χ4v) is 5.47. The summed E-state index contributed by atoms with van der Waals surface area (Å²) in [4.78, 5) is 14.3. The van der Waals surface area contributed by atoms with Crippen molar-refractivity contribution in [3.8, 4) is 0 Å². The molecule has 1 N–H and O–H groups in total. The number of benzene rings is 1. The number of sulfonamides is 1. The first-order valence-electron chi connectivity index (χ1n) is 11.1. The van der Waals surface area contributed by atoms with E-state index in [-0.39, 0.29) is 11.5 Å². The molecule has 1 fully saturated rings. The smallest absolute Gasteiger partial charge is 0.410 e. The number of fused-ring (bicyclic) bond motifs is 1. The van der Waals surface area contributed by atoms with Gasteiger partial charge in [0.1, 0.15) is 27.4 Å². The van der Waals surface area contributed by atoms with Crippen LogP contribution in [0, 0.1) is 5.41 Å². The van der Waals surface area contributed by atoms with Gasteiger partial charge in [0, 0.05) is 29.8 Å². The molecule has 8 nitrogen and oxygen atoms in total. The van der Waals surface area contributed by atoms with Gasteiger partial charge < -0.3 is 14.2 Å². The van der Waals surface area contributed by atoms with Crippen LogP contribution in [0.5, 0.6) is 0 Å². The molecule has 1 saturated heterocycles. The summed E-state index contributed by atoms with van der Waals surface area (Å²) in [6.07, 6.45) is 2.82. The van der Waals surface area contributed by atoms with Gasteiger partial charge in [0.05, 0.1) is 6.26 Å². The quantitative estimate of drug-likeness (QED) is 0.637. The van der Waals surface area contributed by atoms with E-state index in [0.29, 0.717) is 38.0 Å². The first-order valence-corrected chi connectivity index (χ1v) is 14.1. The Labute approximate surface area is 200 Å². The number of nitrogens with one attached hydrogen (secondary N) is 1. The number of anilines is 1. The van der Waals surface area contributed by atoms with E-state index in [0.717, 1.165) is 23.1 Å². The van der Waals surface area contributed by atoms with Gasteiger partial charge in [-0.3, -0.25) is 4.72 Å². The molecule has 1 aromatic carbocycles. The Hall–Kier alpha value is -1.78. The maximum atomic E-state index is 13.0. The van der Waals surface area contributed by atoms with E-state index in [1.54, 1.807) is 17.0 Å². The average Bonchev–Trinajstić information content (AvgIpc) is 2.91. The Kier molecular flexibility index (Phi) is 6.87. The van der Waals surface area contributed by atoms with Crippen LogP contribution in [0.1, 0.15) is 65.5 Å². The molecule has 1 atom stereocenters. The highest BCUT2D eigenvalue weighted by atomic mass is 32.2. The van der Waals surface area contributed by atoms with Crippen LogP contribution in [0.15, 0.2) is 22.6 Å². The van der Waals surface area contributed by atoms with Crippen LogP contribution in [0.3, 0.4) is 0 Å². The molecule has 1 aromatic rings. The van der Waals surface area contributed by atoms with Crippen LogP contribution in [0.2, 0.25) is 0 Å². The van der Waals surface area contributed by atoms with Crippen molar-refractivity contribution in [1.82, 2.24) is 4.90 Å². The van der Waals surface area contributed by atoms with Gasteiger partial charge >= 0.3 is 6.09 Å². The summed E-state index contributed by atoms with van der Waals surface area (Å²) in [5.74, 6) is 0. The van der Waals surface area contributed by atoms with Crippen molar-refractivity contribution >= 4 is 38.9 Å². The summed E-state index contributed by atoms with van der Waals surface area (Å²) in [5.41, 5.74) is 2.15. The molecule has 3 rings (SSSR count). The Morgan fingerprint density at radius 2 is 1.79 bits per heavy atom. The number of carbonyl (C=O) groups is 1. The lowest BCUT2D eigenvalue weighted by molar-refractivity contribution is 0.0159. The van der Waals surface area contributed by atoms with Crippen molar-refractivity contribution in [2.75, 3.05) is 24.1 Å². The van der Waals surface area contributed by atoms with Gasteiger partial charge in [-0.05, 0) is 78.5 Å². The fraction of sp³-hybridized carbons (Fsp3) is 0.652. The van der Waals surface area contributed by atoms with Crippen molar-refractivity contribution in [1.29, 1.82) is 0 Å². The minimum Gasteiger partial charge on any atom is -0.591 e. The lowest BCUT2D eigenvalue weighted by atomic mass is 9.74. The number of likely N-dealkylation sites (tertiary alicyclic amines) is 1. The average molecular weight is 498 g/mol. The Morgan fingerprint density at radius 1 is 1.18 bits per heavy atom. The van der Waals surface area contributed by atoms with E-state index < -0.39 is 31.7 Å². The van der Waals surface area contributed by atoms with Gasteiger partial charge in [0.2, 0.25) is 10.0 Å². The first kappa shape index (κ1) is 25.8. The molecule has 10 heteroatoms. The normalized spacial score (nSPS) is 20.6.